The fraction of sp³-hybridized carbons (Fsp3) is 0.100. The highest BCUT2D eigenvalue weighted by molar-refractivity contribution is 9.11. The summed E-state index contributed by atoms with van der Waals surface area (Å²) in [7, 11) is 0. The van der Waals surface area contributed by atoms with Crippen molar-refractivity contribution in [2.45, 2.75) is 13.2 Å². The van der Waals surface area contributed by atoms with Crippen LogP contribution in [0.25, 0.3) is 0 Å². The second-order valence-electron chi connectivity index (χ2n) is 5.65. The van der Waals surface area contributed by atoms with Crippen LogP contribution in [0.2, 0.25) is 0 Å². The van der Waals surface area contributed by atoms with E-state index in [4.69, 9.17) is 4.74 Å². The van der Waals surface area contributed by atoms with Gasteiger partial charge >= 0.3 is 0 Å². The van der Waals surface area contributed by atoms with Gasteiger partial charge in [0.15, 0.2) is 0 Å². The highest BCUT2D eigenvalue weighted by Crippen LogP contribution is 2.34. The van der Waals surface area contributed by atoms with Crippen LogP contribution in [0.3, 0.4) is 0 Å². The van der Waals surface area contributed by atoms with Crippen LogP contribution in [0.4, 0.5) is 14.5 Å². The van der Waals surface area contributed by atoms with Crippen molar-refractivity contribution < 1.29 is 13.5 Å². The van der Waals surface area contributed by atoms with Crippen molar-refractivity contribution in [2.75, 3.05) is 5.32 Å². The summed E-state index contributed by atoms with van der Waals surface area (Å²) in [5.41, 5.74) is 2.46. The summed E-state index contributed by atoms with van der Waals surface area (Å²) in [6.07, 6.45) is 0. The van der Waals surface area contributed by atoms with Gasteiger partial charge in [0.2, 0.25) is 0 Å². The first kappa shape index (κ1) is 18.9. The van der Waals surface area contributed by atoms with Crippen molar-refractivity contribution in [3.8, 4) is 5.75 Å². The molecule has 0 aromatic heterocycles. The minimum absolute atomic E-state index is 0.252. The summed E-state index contributed by atoms with van der Waals surface area (Å²) in [5.74, 6) is 0.103. The zero-order chi connectivity index (χ0) is 18.5. The van der Waals surface area contributed by atoms with E-state index >= 15 is 0 Å². The molecule has 0 bridgehead atoms. The maximum absolute atomic E-state index is 13.3. The Labute approximate surface area is 167 Å². The van der Waals surface area contributed by atoms with Crippen molar-refractivity contribution in [3.05, 3.63) is 92.4 Å². The first-order valence-electron chi connectivity index (χ1n) is 7.86. The van der Waals surface area contributed by atoms with Crippen LogP contribution in [0, 0.1) is 11.6 Å². The van der Waals surface area contributed by atoms with Crippen LogP contribution in [0.1, 0.15) is 11.1 Å². The Morgan fingerprint density at radius 2 is 1.65 bits per heavy atom. The van der Waals surface area contributed by atoms with Gasteiger partial charge in [-0.05, 0) is 70.0 Å². The Morgan fingerprint density at radius 1 is 0.885 bits per heavy atom. The second kappa shape index (κ2) is 8.64. The minimum atomic E-state index is -0.292. The van der Waals surface area contributed by atoms with E-state index in [1.54, 1.807) is 18.2 Å². The van der Waals surface area contributed by atoms with Crippen LogP contribution in [-0.2, 0) is 13.2 Å². The number of rotatable bonds is 6. The zero-order valence-corrected chi connectivity index (χ0v) is 16.8. The molecule has 0 atom stereocenters. The third-order valence-electron chi connectivity index (χ3n) is 3.68. The van der Waals surface area contributed by atoms with Crippen molar-refractivity contribution >= 4 is 37.5 Å². The van der Waals surface area contributed by atoms with Crippen molar-refractivity contribution in [1.82, 2.24) is 0 Å². The molecular formula is C20H15Br2F2NO. The van der Waals surface area contributed by atoms with Gasteiger partial charge in [0.1, 0.15) is 24.0 Å². The molecule has 0 fully saturated rings. The third-order valence-corrected chi connectivity index (χ3v) is 4.73. The van der Waals surface area contributed by atoms with Gasteiger partial charge < -0.3 is 10.1 Å². The Morgan fingerprint density at radius 3 is 2.38 bits per heavy atom. The van der Waals surface area contributed by atoms with Gasteiger partial charge in [-0.2, -0.15) is 0 Å². The molecule has 0 spiro atoms. The SMILES string of the molecule is Fc1ccc(NCc2cc(Br)cc(Br)c2OCc2cccc(F)c2)cc1. The molecule has 26 heavy (non-hydrogen) atoms. The summed E-state index contributed by atoms with van der Waals surface area (Å²) in [6, 6.07) is 16.3. The van der Waals surface area contributed by atoms with Crippen LogP contribution in [0.15, 0.2) is 69.6 Å². The molecular weight excluding hydrogens is 468 g/mol. The third kappa shape index (κ3) is 5.05. The molecule has 2 nitrogen and oxygen atoms in total. The van der Waals surface area contributed by atoms with Crippen molar-refractivity contribution in [1.29, 1.82) is 0 Å². The van der Waals surface area contributed by atoms with E-state index in [-0.39, 0.29) is 18.2 Å². The average molecular weight is 483 g/mol. The number of halogens is 4. The number of ether oxygens (including phenoxy) is 1. The Kier molecular flexibility index (Phi) is 6.27. The van der Waals surface area contributed by atoms with Crippen LogP contribution < -0.4 is 10.1 Å². The number of hydrogen-bond donors (Lipinski definition) is 1. The predicted octanol–water partition coefficient (Wildman–Crippen LogP) is 6.68. The topological polar surface area (TPSA) is 21.3 Å². The molecule has 3 aromatic carbocycles. The van der Waals surface area contributed by atoms with Gasteiger partial charge in [0.25, 0.3) is 0 Å². The van der Waals surface area contributed by atoms with Gasteiger partial charge in [-0.25, -0.2) is 8.78 Å². The molecule has 0 saturated heterocycles. The average Bonchev–Trinajstić information content (AvgIpc) is 2.60. The van der Waals surface area contributed by atoms with Gasteiger partial charge in [0, 0.05) is 22.3 Å². The number of nitrogens with one attached hydrogen (secondary N) is 1. The maximum atomic E-state index is 13.3. The number of benzene rings is 3. The Bertz CT molecular complexity index is 901. The van der Waals surface area contributed by atoms with Crippen LogP contribution in [-0.4, -0.2) is 0 Å². The Balaban J connectivity index is 1.76. The lowest BCUT2D eigenvalue weighted by Crippen LogP contribution is -2.05. The monoisotopic (exact) mass is 481 g/mol. The summed E-state index contributed by atoms with van der Waals surface area (Å²) in [6.45, 7) is 0.740. The van der Waals surface area contributed by atoms with E-state index in [0.29, 0.717) is 12.3 Å². The van der Waals surface area contributed by atoms with E-state index in [9.17, 15) is 8.78 Å². The van der Waals surface area contributed by atoms with E-state index in [0.717, 1.165) is 25.8 Å². The largest absolute Gasteiger partial charge is 0.487 e. The van der Waals surface area contributed by atoms with E-state index in [1.165, 1.54) is 24.3 Å². The molecule has 0 amide bonds. The lowest BCUT2D eigenvalue weighted by molar-refractivity contribution is 0.300. The molecule has 3 aromatic rings. The van der Waals surface area contributed by atoms with Crippen molar-refractivity contribution in [3.63, 3.8) is 0 Å². The minimum Gasteiger partial charge on any atom is -0.487 e. The Hall–Kier alpha value is -1.92. The van der Waals surface area contributed by atoms with E-state index in [1.807, 2.05) is 18.2 Å². The molecule has 0 aliphatic heterocycles. The van der Waals surface area contributed by atoms with E-state index in [2.05, 4.69) is 37.2 Å². The van der Waals surface area contributed by atoms with Gasteiger partial charge in [-0.15, -0.1) is 0 Å². The highest BCUT2D eigenvalue weighted by Gasteiger charge is 2.11. The maximum Gasteiger partial charge on any atom is 0.139 e. The molecule has 0 unspecified atom stereocenters. The summed E-state index contributed by atoms with van der Waals surface area (Å²) in [4.78, 5) is 0. The quantitative estimate of drug-likeness (QED) is 0.423. The molecule has 1 N–H and O–H groups in total. The lowest BCUT2D eigenvalue weighted by atomic mass is 10.2. The summed E-state index contributed by atoms with van der Waals surface area (Å²) >= 11 is 6.99. The molecule has 0 aliphatic rings. The van der Waals surface area contributed by atoms with Gasteiger partial charge in [-0.3, -0.25) is 0 Å². The van der Waals surface area contributed by atoms with Crippen LogP contribution >= 0.6 is 31.9 Å². The normalized spacial score (nSPS) is 10.6. The zero-order valence-electron chi connectivity index (χ0n) is 13.6. The number of hydrogen-bond acceptors (Lipinski definition) is 2. The predicted molar refractivity (Wildman–Crippen MR) is 106 cm³/mol. The molecule has 0 radical (unpaired) electrons. The molecule has 3 rings (SSSR count). The van der Waals surface area contributed by atoms with Gasteiger partial charge in [-0.1, -0.05) is 28.1 Å². The van der Waals surface area contributed by atoms with E-state index < -0.39 is 0 Å². The smallest absolute Gasteiger partial charge is 0.139 e. The molecule has 0 aliphatic carbocycles. The summed E-state index contributed by atoms with van der Waals surface area (Å²) < 4.78 is 34.0. The first-order chi connectivity index (χ1) is 12.5. The van der Waals surface area contributed by atoms with Gasteiger partial charge in [0.05, 0.1) is 4.47 Å². The molecule has 0 saturated carbocycles. The molecule has 134 valence electrons. The van der Waals surface area contributed by atoms with Crippen molar-refractivity contribution in [2.24, 2.45) is 0 Å². The highest BCUT2D eigenvalue weighted by atomic mass is 79.9. The second-order valence-corrected chi connectivity index (χ2v) is 7.42. The fourth-order valence-electron chi connectivity index (χ4n) is 2.45. The fourth-order valence-corrected chi connectivity index (χ4v) is 3.88. The first-order valence-corrected chi connectivity index (χ1v) is 9.44. The van der Waals surface area contributed by atoms with Crippen LogP contribution in [0.5, 0.6) is 5.75 Å². The number of anilines is 1. The standard InChI is InChI=1S/C20H15Br2F2NO/c21-15-9-14(11-25-18-6-4-16(23)5-7-18)20(19(22)10-15)26-12-13-2-1-3-17(24)8-13/h1-10,25H,11-12H2. The lowest BCUT2D eigenvalue weighted by Gasteiger charge is -2.15. The molecule has 0 heterocycles. The summed E-state index contributed by atoms with van der Waals surface area (Å²) in [5, 5.41) is 3.24. The molecule has 6 heteroatoms.